The van der Waals surface area contributed by atoms with Crippen molar-refractivity contribution in [3.8, 4) is 0 Å². The minimum Gasteiger partial charge on any atom is -0.478 e. The summed E-state index contributed by atoms with van der Waals surface area (Å²) in [7, 11) is 0. The molecule has 1 rings (SSSR count). The first kappa shape index (κ1) is 15.6. The molecule has 19 heavy (non-hydrogen) atoms. The van der Waals surface area contributed by atoms with Crippen molar-refractivity contribution in [2.24, 2.45) is 0 Å². The lowest BCUT2D eigenvalue weighted by atomic mass is 10.1. The van der Waals surface area contributed by atoms with Crippen molar-refractivity contribution in [1.29, 1.82) is 0 Å². The maximum Gasteiger partial charge on any atom is 0.337 e. The van der Waals surface area contributed by atoms with Gasteiger partial charge in [-0.1, -0.05) is 25.0 Å². The molecule has 0 bridgehead atoms. The number of aryl methyl sites for hydroxylation is 1. The first-order valence-electron chi connectivity index (χ1n) is 6.26. The Kier molecular flexibility index (Phi) is 6.42. The van der Waals surface area contributed by atoms with Gasteiger partial charge in [0.05, 0.1) is 17.0 Å². The highest BCUT2D eigenvalue weighted by Crippen LogP contribution is 2.18. The molecule has 104 valence electrons. The maximum absolute atomic E-state index is 11.7. The lowest BCUT2D eigenvalue weighted by molar-refractivity contribution is -0.113. The Balaban J connectivity index is 2.61. The van der Waals surface area contributed by atoms with Gasteiger partial charge in [0, 0.05) is 0 Å². The Morgan fingerprint density at radius 3 is 2.74 bits per heavy atom. The number of thioether (sulfide) groups is 1. The van der Waals surface area contributed by atoms with Crippen molar-refractivity contribution >= 4 is 29.3 Å². The van der Waals surface area contributed by atoms with Crippen LogP contribution in [0.5, 0.6) is 0 Å². The zero-order valence-corrected chi connectivity index (χ0v) is 12.0. The fourth-order valence-electron chi connectivity index (χ4n) is 1.54. The number of unbranched alkanes of at least 4 members (excludes halogenated alkanes) is 1. The van der Waals surface area contributed by atoms with E-state index in [-0.39, 0.29) is 11.5 Å². The van der Waals surface area contributed by atoms with E-state index in [2.05, 4.69) is 12.2 Å². The highest BCUT2D eigenvalue weighted by molar-refractivity contribution is 7.99. The molecule has 0 atom stereocenters. The molecule has 1 amide bonds. The van der Waals surface area contributed by atoms with Crippen molar-refractivity contribution in [3.05, 3.63) is 29.3 Å². The Hall–Kier alpha value is -1.49. The lowest BCUT2D eigenvalue weighted by Gasteiger charge is -2.09. The first-order valence-corrected chi connectivity index (χ1v) is 7.41. The van der Waals surface area contributed by atoms with Gasteiger partial charge < -0.3 is 10.4 Å². The molecule has 0 unspecified atom stereocenters. The topological polar surface area (TPSA) is 66.4 Å². The number of carboxylic acids is 1. The van der Waals surface area contributed by atoms with Gasteiger partial charge in [-0.15, -0.1) is 0 Å². The van der Waals surface area contributed by atoms with Crippen LogP contribution in [-0.4, -0.2) is 28.5 Å². The summed E-state index contributed by atoms with van der Waals surface area (Å²) < 4.78 is 0. The van der Waals surface area contributed by atoms with Crippen LogP contribution in [-0.2, 0) is 4.79 Å². The molecular formula is C14H19NO3S. The number of benzene rings is 1. The molecule has 0 aliphatic rings. The van der Waals surface area contributed by atoms with Gasteiger partial charge in [0.1, 0.15) is 0 Å². The molecule has 1 aromatic rings. The van der Waals surface area contributed by atoms with E-state index in [4.69, 9.17) is 5.11 Å². The highest BCUT2D eigenvalue weighted by atomic mass is 32.2. The van der Waals surface area contributed by atoms with Gasteiger partial charge in [-0.05, 0) is 31.2 Å². The molecule has 0 radical (unpaired) electrons. The summed E-state index contributed by atoms with van der Waals surface area (Å²) in [6.07, 6.45) is 2.19. The second-order valence-corrected chi connectivity index (χ2v) is 5.41. The number of aromatic carboxylic acids is 1. The van der Waals surface area contributed by atoms with Crippen molar-refractivity contribution in [2.45, 2.75) is 26.7 Å². The number of anilines is 1. The second kappa shape index (κ2) is 7.84. The zero-order valence-electron chi connectivity index (χ0n) is 11.2. The first-order chi connectivity index (χ1) is 9.04. The Bertz CT molecular complexity index is 460. The monoisotopic (exact) mass is 281 g/mol. The number of nitrogens with one attached hydrogen (secondary N) is 1. The predicted molar refractivity (Wildman–Crippen MR) is 79.0 cm³/mol. The highest BCUT2D eigenvalue weighted by Gasteiger charge is 2.12. The van der Waals surface area contributed by atoms with Gasteiger partial charge in [0.2, 0.25) is 5.91 Å². The average molecular weight is 281 g/mol. The number of rotatable bonds is 7. The normalized spacial score (nSPS) is 10.2. The fourth-order valence-corrected chi connectivity index (χ4v) is 2.44. The van der Waals surface area contributed by atoms with Crippen molar-refractivity contribution < 1.29 is 14.7 Å². The van der Waals surface area contributed by atoms with E-state index in [0.717, 1.165) is 24.2 Å². The average Bonchev–Trinajstić information content (AvgIpc) is 2.36. The molecule has 0 aromatic heterocycles. The van der Waals surface area contributed by atoms with Crippen LogP contribution in [0.4, 0.5) is 5.69 Å². The quantitative estimate of drug-likeness (QED) is 0.753. The zero-order chi connectivity index (χ0) is 14.3. The molecule has 5 heteroatoms. The molecule has 4 nitrogen and oxygen atoms in total. The standard InChI is InChI=1S/C14H19NO3S/c1-3-4-7-19-9-13(16)15-12-6-5-10(2)8-11(12)14(17)18/h5-6,8H,3-4,7,9H2,1-2H3,(H,15,16)(H,17,18). The minimum atomic E-state index is -1.03. The summed E-state index contributed by atoms with van der Waals surface area (Å²) in [5, 5.41) is 11.7. The second-order valence-electron chi connectivity index (χ2n) is 4.31. The summed E-state index contributed by atoms with van der Waals surface area (Å²) >= 11 is 1.56. The molecule has 2 N–H and O–H groups in total. The van der Waals surface area contributed by atoms with Crippen molar-refractivity contribution in [3.63, 3.8) is 0 Å². The third kappa shape index (κ3) is 5.34. The maximum atomic E-state index is 11.7. The molecule has 0 heterocycles. The van der Waals surface area contributed by atoms with Gasteiger partial charge in [-0.3, -0.25) is 4.79 Å². The fraction of sp³-hybridized carbons (Fsp3) is 0.429. The molecular weight excluding hydrogens is 262 g/mol. The third-order valence-electron chi connectivity index (χ3n) is 2.55. The van der Waals surface area contributed by atoms with Gasteiger partial charge in [-0.2, -0.15) is 11.8 Å². The molecule has 0 fully saturated rings. The SMILES string of the molecule is CCCCSCC(=O)Nc1ccc(C)cc1C(=O)O. The molecule has 1 aromatic carbocycles. The van der Waals surface area contributed by atoms with Crippen LogP contribution in [0.2, 0.25) is 0 Å². The number of hydrogen-bond acceptors (Lipinski definition) is 3. The van der Waals surface area contributed by atoms with Gasteiger partial charge in [-0.25, -0.2) is 4.79 Å². The van der Waals surface area contributed by atoms with E-state index in [9.17, 15) is 9.59 Å². The molecule has 0 spiro atoms. The van der Waals surface area contributed by atoms with Crippen molar-refractivity contribution in [1.82, 2.24) is 0 Å². The van der Waals surface area contributed by atoms with E-state index >= 15 is 0 Å². The van der Waals surface area contributed by atoms with Crippen LogP contribution in [0.15, 0.2) is 18.2 Å². The Morgan fingerprint density at radius 2 is 2.11 bits per heavy atom. The van der Waals surface area contributed by atoms with E-state index in [1.54, 1.807) is 30.0 Å². The van der Waals surface area contributed by atoms with Crippen LogP contribution in [0, 0.1) is 6.92 Å². The lowest BCUT2D eigenvalue weighted by Crippen LogP contribution is -2.17. The summed E-state index contributed by atoms with van der Waals surface area (Å²) in [5.41, 5.74) is 1.35. The van der Waals surface area contributed by atoms with Gasteiger partial charge in [0.15, 0.2) is 0 Å². The number of carbonyl (C=O) groups excluding carboxylic acids is 1. The van der Waals surface area contributed by atoms with Gasteiger partial charge in [0.25, 0.3) is 0 Å². The molecule has 0 saturated heterocycles. The minimum absolute atomic E-state index is 0.131. The Labute approximate surface area is 117 Å². The summed E-state index contributed by atoms with van der Waals surface area (Å²) in [4.78, 5) is 22.8. The number of hydrogen-bond donors (Lipinski definition) is 2. The number of amides is 1. The van der Waals surface area contributed by atoms with Crippen LogP contribution in [0.3, 0.4) is 0 Å². The largest absolute Gasteiger partial charge is 0.478 e. The summed E-state index contributed by atoms with van der Waals surface area (Å²) in [6.45, 7) is 3.92. The smallest absolute Gasteiger partial charge is 0.337 e. The third-order valence-corrected chi connectivity index (χ3v) is 3.60. The number of carbonyl (C=O) groups is 2. The molecule has 0 aliphatic heterocycles. The Morgan fingerprint density at radius 1 is 1.37 bits per heavy atom. The van der Waals surface area contributed by atoms with Gasteiger partial charge >= 0.3 is 5.97 Å². The van der Waals surface area contributed by atoms with E-state index in [1.807, 2.05) is 6.92 Å². The predicted octanol–water partition coefficient (Wildman–Crippen LogP) is 3.17. The van der Waals surface area contributed by atoms with E-state index in [0.29, 0.717) is 11.4 Å². The van der Waals surface area contributed by atoms with Crippen LogP contribution in [0.25, 0.3) is 0 Å². The van der Waals surface area contributed by atoms with E-state index < -0.39 is 5.97 Å². The van der Waals surface area contributed by atoms with Crippen molar-refractivity contribution in [2.75, 3.05) is 16.8 Å². The summed E-state index contributed by atoms with van der Waals surface area (Å²) in [6, 6.07) is 4.97. The molecule has 0 saturated carbocycles. The van der Waals surface area contributed by atoms with E-state index in [1.165, 1.54) is 0 Å². The molecule has 0 aliphatic carbocycles. The summed E-state index contributed by atoms with van der Waals surface area (Å²) in [5.74, 6) is 0.112. The van der Waals surface area contributed by atoms with Crippen LogP contribution >= 0.6 is 11.8 Å². The van der Waals surface area contributed by atoms with Crippen LogP contribution < -0.4 is 5.32 Å². The van der Waals surface area contributed by atoms with Crippen LogP contribution in [0.1, 0.15) is 35.7 Å². The number of carboxylic acid groups (broad SMARTS) is 1.